The summed E-state index contributed by atoms with van der Waals surface area (Å²) in [5, 5.41) is 0.671. The van der Waals surface area contributed by atoms with E-state index >= 15 is 0 Å². The summed E-state index contributed by atoms with van der Waals surface area (Å²) in [5.41, 5.74) is 1.23. The maximum absolute atomic E-state index is 12.1. The first-order valence-electron chi connectivity index (χ1n) is 9.46. The fourth-order valence-corrected chi connectivity index (χ4v) is 4.33. The molecule has 2 saturated heterocycles. The minimum absolute atomic E-state index is 0.0974. The standard InChI is InChI=1S/C20H30ClN3O2/c1-16-4-5-18(17(21)14-16)26-13-12-24-11-10-23(3)20(15-24)7-6-19(25)22(2)9-8-20/h4-5,14H,6-13,15H2,1-3H3. The lowest BCUT2D eigenvalue weighted by Crippen LogP contribution is -2.61. The predicted octanol–water partition coefficient (Wildman–Crippen LogP) is 2.66. The molecule has 3 rings (SSSR count). The molecular weight excluding hydrogens is 350 g/mol. The SMILES string of the molecule is Cc1ccc(OCCN2CCN(C)C3(CCC(=O)N(C)CC3)C2)c(Cl)c1. The number of halogens is 1. The van der Waals surface area contributed by atoms with Gasteiger partial charge in [0.2, 0.25) is 5.91 Å². The first-order chi connectivity index (χ1) is 12.4. The number of hydrogen-bond acceptors (Lipinski definition) is 4. The number of carbonyl (C=O) groups excluding carboxylic acids is 1. The van der Waals surface area contributed by atoms with Crippen molar-refractivity contribution in [2.45, 2.75) is 31.7 Å². The fraction of sp³-hybridized carbons (Fsp3) is 0.650. The van der Waals surface area contributed by atoms with Crippen LogP contribution in [0.5, 0.6) is 5.75 Å². The van der Waals surface area contributed by atoms with E-state index in [-0.39, 0.29) is 11.4 Å². The van der Waals surface area contributed by atoms with E-state index in [9.17, 15) is 4.79 Å². The van der Waals surface area contributed by atoms with Crippen molar-refractivity contribution in [3.05, 3.63) is 28.8 Å². The molecule has 2 fully saturated rings. The third kappa shape index (κ3) is 4.33. The summed E-state index contributed by atoms with van der Waals surface area (Å²) in [5.74, 6) is 1.02. The van der Waals surface area contributed by atoms with E-state index < -0.39 is 0 Å². The van der Waals surface area contributed by atoms with Gasteiger partial charge in [-0.2, -0.15) is 0 Å². The van der Waals surface area contributed by atoms with Gasteiger partial charge in [0.05, 0.1) is 5.02 Å². The number of hydrogen-bond donors (Lipinski definition) is 0. The van der Waals surface area contributed by atoms with Gasteiger partial charge in [0.15, 0.2) is 0 Å². The van der Waals surface area contributed by atoms with Crippen LogP contribution in [0.1, 0.15) is 24.8 Å². The molecular formula is C20H30ClN3O2. The maximum Gasteiger partial charge on any atom is 0.222 e. The zero-order valence-electron chi connectivity index (χ0n) is 16.1. The van der Waals surface area contributed by atoms with Crippen LogP contribution in [-0.2, 0) is 4.79 Å². The highest BCUT2D eigenvalue weighted by molar-refractivity contribution is 6.32. The molecule has 1 aromatic rings. The quantitative estimate of drug-likeness (QED) is 0.805. The van der Waals surface area contributed by atoms with Gasteiger partial charge >= 0.3 is 0 Å². The van der Waals surface area contributed by atoms with E-state index in [4.69, 9.17) is 16.3 Å². The molecule has 0 bridgehead atoms. The Kier molecular flexibility index (Phi) is 6.10. The highest BCUT2D eigenvalue weighted by Gasteiger charge is 2.41. The molecule has 1 amide bonds. The third-order valence-corrected chi connectivity index (χ3v) is 6.27. The summed E-state index contributed by atoms with van der Waals surface area (Å²) in [4.78, 5) is 18.9. The molecule has 0 saturated carbocycles. The van der Waals surface area contributed by atoms with Crippen molar-refractivity contribution in [2.75, 3.05) is 53.4 Å². The summed E-state index contributed by atoms with van der Waals surface area (Å²) in [7, 11) is 4.12. The van der Waals surface area contributed by atoms with E-state index in [2.05, 4.69) is 16.8 Å². The smallest absolute Gasteiger partial charge is 0.222 e. The van der Waals surface area contributed by atoms with Gasteiger partial charge in [0.25, 0.3) is 0 Å². The molecule has 26 heavy (non-hydrogen) atoms. The summed E-state index contributed by atoms with van der Waals surface area (Å²) < 4.78 is 5.91. The predicted molar refractivity (Wildman–Crippen MR) is 105 cm³/mol. The number of nitrogens with zero attached hydrogens (tertiary/aromatic N) is 3. The van der Waals surface area contributed by atoms with E-state index in [1.165, 1.54) is 0 Å². The molecule has 2 aliphatic heterocycles. The van der Waals surface area contributed by atoms with Gasteiger partial charge < -0.3 is 9.64 Å². The highest BCUT2D eigenvalue weighted by atomic mass is 35.5. The van der Waals surface area contributed by atoms with Crippen molar-refractivity contribution >= 4 is 17.5 Å². The summed E-state index contributed by atoms with van der Waals surface area (Å²) in [6.45, 7) is 7.43. The Labute approximate surface area is 161 Å². The third-order valence-electron chi connectivity index (χ3n) is 5.97. The molecule has 0 N–H and O–H groups in total. The average molecular weight is 380 g/mol. The minimum Gasteiger partial charge on any atom is -0.491 e. The monoisotopic (exact) mass is 379 g/mol. The number of aryl methyl sites for hydroxylation is 1. The van der Waals surface area contributed by atoms with Crippen LogP contribution in [0.3, 0.4) is 0 Å². The molecule has 1 spiro atoms. The number of likely N-dealkylation sites (N-methyl/N-ethyl adjacent to an activating group) is 1. The first-order valence-corrected chi connectivity index (χ1v) is 9.84. The molecule has 144 valence electrons. The van der Waals surface area contributed by atoms with Gasteiger partial charge in [0.1, 0.15) is 12.4 Å². The molecule has 1 aromatic carbocycles. The lowest BCUT2D eigenvalue weighted by atomic mass is 9.86. The van der Waals surface area contributed by atoms with Crippen molar-refractivity contribution in [1.29, 1.82) is 0 Å². The van der Waals surface area contributed by atoms with Crippen molar-refractivity contribution in [2.24, 2.45) is 0 Å². The van der Waals surface area contributed by atoms with Gasteiger partial charge in [-0.15, -0.1) is 0 Å². The maximum atomic E-state index is 12.1. The van der Waals surface area contributed by atoms with Crippen molar-refractivity contribution in [3.8, 4) is 5.75 Å². The van der Waals surface area contributed by atoms with Crippen molar-refractivity contribution < 1.29 is 9.53 Å². The number of rotatable bonds is 4. The van der Waals surface area contributed by atoms with Crippen molar-refractivity contribution in [3.63, 3.8) is 0 Å². The van der Waals surface area contributed by atoms with Crippen LogP contribution in [-0.4, -0.2) is 79.6 Å². The Balaban J connectivity index is 1.57. The number of carbonyl (C=O) groups is 1. The number of ether oxygens (including phenoxy) is 1. The number of amides is 1. The van der Waals surface area contributed by atoms with Crippen LogP contribution >= 0.6 is 11.6 Å². The van der Waals surface area contributed by atoms with E-state index in [0.29, 0.717) is 18.1 Å². The minimum atomic E-state index is 0.0974. The second kappa shape index (κ2) is 8.15. The number of benzene rings is 1. The molecule has 0 aliphatic carbocycles. The van der Waals surface area contributed by atoms with E-state index in [1.807, 2.05) is 37.1 Å². The zero-order valence-corrected chi connectivity index (χ0v) is 16.9. The van der Waals surface area contributed by atoms with Gasteiger partial charge in [-0.3, -0.25) is 14.6 Å². The Morgan fingerprint density at radius 3 is 2.77 bits per heavy atom. The zero-order chi connectivity index (χ0) is 18.7. The molecule has 1 atom stereocenters. The fourth-order valence-electron chi connectivity index (χ4n) is 4.04. The largest absolute Gasteiger partial charge is 0.491 e. The van der Waals surface area contributed by atoms with Crippen LogP contribution in [0.25, 0.3) is 0 Å². The van der Waals surface area contributed by atoms with E-state index in [0.717, 1.165) is 56.9 Å². The molecule has 0 radical (unpaired) electrons. The lowest BCUT2D eigenvalue weighted by Gasteiger charge is -2.49. The normalized spacial score (nSPS) is 25.5. The van der Waals surface area contributed by atoms with Crippen molar-refractivity contribution in [1.82, 2.24) is 14.7 Å². The topological polar surface area (TPSA) is 36.0 Å². The molecule has 5 nitrogen and oxygen atoms in total. The second-order valence-electron chi connectivity index (χ2n) is 7.77. The molecule has 1 unspecified atom stereocenters. The van der Waals surface area contributed by atoms with Gasteiger partial charge in [0, 0.05) is 51.7 Å². The molecule has 2 aliphatic rings. The lowest BCUT2D eigenvalue weighted by molar-refractivity contribution is -0.129. The second-order valence-corrected chi connectivity index (χ2v) is 8.18. The highest BCUT2D eigenvalue weighted by Crippen LogP contribution is 2.32. The van der Waals surface area contributed by atoms with Crippen LogP contribution in [0.4, 0.5) is 0 Å². The first kappa shape index (κ1) is 19.5. The molecule has 0 aromatic heterocycles. The Hall–Kier alpha value is -1.30. The molecule has 2 heterocycles. The Bertz CT molecular complexity index is 654. The van der Waals surface area contributed by atoms with Crippen LogP contribution in [0, 0.1) is 6.92 Å². The van der Waals surface area contributed by atoms with Crippen LogP contribution < -0.4 is 4.74 Å². The molecule has 6 heteroatoms. The Morgan fingerprint density at radius 2 is 2.00 bits per heavy atom. The summed E-state index contributed by atoms with van der Waals surface area (Å²) in [6.07, 6.45) is 2.62. The van der Waals surface area contributed by atoms with Crippen LogP contribution in [0.2, 0.25) is 5.02 Å². The van der Waals surface area contributed by atoms with Gasteiger partial charge in [-0.05, 0) is 44.5 Å². The summed E-state index contributed by atoms with van der Waals surface area (Å²) >= 11 is 6.25. The van der Waals surface area contributed by atoms with Gasteiger partial charge in [-0.1, -0.05) is 17.7 Å². The van der Waals surface area contributed by atoms with E-state index in [1.54, 1.807) is 0 Å². The number of piperazine rings is 1. The Morgan fingerprint density at radius 1 is 1.19 bits per heavy atom. The number of likely N-dealkylation sites (tertiary alicyclic amines) is 1. The summed E-state index contributed by atoms with van der Waals surface area (Å²) in [6, 6.07) is 5.89. The average Bonchev–Trinajstić information content (AvgIpc) is 2.75. The van der Waals surface area contributed by atoms with Gasteiger partial charge in [-0.25, -0.2) is 0 Å². The van der Waals surface area contributed by atoms with Crippen LogP contribution in [0.15, 0.2) is 18.2 Å².